The van der Waals surface area contributed by atoms with Gasteiger partial charge in [0.2, 0.25) is 0 Å². The monoisotopic (exact) mass is 310 g/mol. The van der Waals surface area contributed by atoms with Crippen molar-refractivity contribution in [3.05, 3.63) is 58.1 Å². The first-order valence-corrected chi connectivity index (χ1v) is 9.84. The van der Waals surface area contributed by atoms with E-state index >= 15 is 0 Å². The molecule has 116 valence electrons. The fraction of sp³-hybridized carbons (Fsp3) is 0.524. The van der Waals surface area contributed by atoms with Gasteiger partial charge in [-0.3, -0.25) is 0 Å². The summed E-state index contributed by atoms with van der Waals surface area (Å²) in [7, 11) is 0. The van der Waals surface area contributed by atoms with E-state index in [1.165, 1.54) is 56.9 Å². The molecule has 0 amide bonds. The van der Waals surface area contributed by atoms with Crippen LogP contribution in [0.15, 0.2) is 58.1 Å². The van der Waals surface area contributed by atoms with Gasteiger partial charge in [0.05, 0.1) is 4.75 Å². The Morgan fingerprint density at radius 1 is 1.14 bits per heavy atom. The van der Waals surface area contributed by atoms with E-state index in [1.54, 1.807) is 16.7 Å². The molecule has 0 saturated heterocycles. The topological polar surface area (TPSA) is 0 Å². The summed E-state index contributed by atoms with van der Waals surface area (Å²) in [6, 6.07) is 0. The van der Waals surface area contributed by atoms with Gasteiger partial charge in [-0.2, -0.15) is 0 Å². The first-order chi connectivity index (χ1) is 10.8. The van der Waals surface area contributed by atoms with Crippen molar-refractivity contribution >= 4 is 11.8 Å². The lowest BCUT2D eigenvalue weighted by Crippen LogP contribution is -2.29. The zero-order valence-corrected chi connectivity index (χ0v) is 14.4. The van der Waals surface area contributed by atoms with Crippen LogP contribution in [-0.4, -0.2) is 4.75 Å². The van der Waals surface area contributed by atoms with Crippen LogP contribution in [0, 0.1) is 5.92 Å². The van der Waals surface area contributed by atoms with Gasteiger partial charge in [-0.25, -0.2) is 0 Å². The van der Waals surface area contributed by atoms with Crippen molar-refractivity contribution in [1.82, 2.24) is 0 Å². The molecule has 22 heavy (non-hydrogen) atoms. The van der Waals surface area contributed by atoms with Crippen molar-refractivity contribution in [2.75, 3.05) is 0 Å². The molecule has 1 heteroatoms. The van der Waals surface area contributed by atoms with Crippen molar-refractivity contribution in [3.63, 3.8) is 0 Å². The van der Waals surface area contributed by atoms with E-state index in [0.717, 1.165) is 5.92 Å². The smallest absolute Gasteiger partial charge is 0.0673 e. The van der Waals surface area contributed by atoms with Crippen LogP contribution < -0.4 is 0 Å². The predicted molar refractivity (Wildman–Crippen MR) is 97.9 cm³/mol. The van der Waals surface area contributed by atoms with Crippen LogP contribution in [0.25, 0.3) is 0 Å². The highest BCUT2D eigenvalue weighted by Crippen LogP contribution is 2.53. The summed E-state index contributed by atoms with van der Waals surface area (Å²) >= 11 is 2.00. The molecule has 0 nitrogen and oxygen atoms in total. The van der Waals surface area contributed by atoms with Gasteiger partial charge in [-0.15, -0.1) is 11.8 Å². The van der Waals surface area contributed by atoms with Gasteiger partial charge < -0.3 is 0 Å². The number of thioether (sulfide) groups is 1. The molecule has 0 aromatic carbocycles. The second kappa shape index (κ2) is 5.92. The molecule has 1 fully saturated rings. The summed E-state index contributed by atoms with van der Waals surface area (Å²) in [6.07, 6.45) is 23.1. The molecule has 0 aromatic heterocycles. The van der Waals surface area contributed by atoms with Crippen LogP contribution in [0.1, 0.15) is 58.3 Å². The van der Waals surface area contributed by atoms with Gasteiger partial charge in [-0.1, -0.05) is 55.2 Å². The largest absolute Gasteiger partial charge is 0.118 e. The highest BCUT2D eigenvalue weighted by atomic mass is 32.2. The molecule has 1 atom stereocenters. The Balaban J connectivity index is 1.75. The zero-order chi connectivity index (χ0) is 15.0. The Hall–Kier alpha value is -0.950. The van der Waals surface area contributed by atoms with Crippen LogP contribution >= 0.6 is 11.8 Å². The number of fused-ring (bicyclic) bond motifs is 1. The van der Waals surface area contributed by atoms with E-state index < -0.39 is 0 Å². The zero-order valence-electron chi connectivity index (χ0n) is 13.6. The summed E-state index contributed by atoms with van der Waals surface area (Å²) in [5.74, 6) is 0.790. The fourth-order valence-corrected chi connectivity index (χ4v) is 5.51. The molecular formula is C21H26S. The SMILES string of the molecule is CC12SC=CC1=CC=C(C1CCCCC1)C2=CC1=CCCC1. The quantitative estimate of drug-likeness (QED) is 0.562. The van der Waals surface area contributed by atoms with Crippen LogP contribution in [0.4, 0.5) is 0 Å². The highest BCUT2D eigenvalue weighted by Gasteiger charge is 2.40. The van der Waals surface area contributed by atoms with E-state index in [2.05, 4.69) is 42.7 Å². The maximum absolute atomic E-state index is 2.56. The van der Waals surface area contributed by atoms with Crippen molar-refractivity contribution in [3.8, 4) is 0 Å². The van der Waals surface area contributed by atoms with E-state index in [-0.39, 0.29) is 4.75 Å². The van der Waals surface area contributed by atoms with Crippen LogP contribution in [0.2, 0.25) is 0 Å². The van der Waals surface area contributed by atoms with Gasteiger partial charge in [0, 0.05) is 0 Å². The lowest BCUT2D eigenvalue weighted by atomic mass is 9.73. The van der Waals surface area contributed by atoms with Crippen molar-refractivity contribution < 1.29 is 0 Å². The van der Waals surface area contributed by atoms with E-state index in [0.29, 0.717) is 0 Å². The number of allylic oxidation sites excluding steroid dienone is 7. The lowest BCUT2D eigenvalue weighted by Gasteiger charge is -2.37. The van der Waals surface area contributed by atoms with Gasteiger partial charge in [0.25, 0.3) is 0 Å². The molecular weight excluding hydrogens is 284 g/mol. The molecule has 4 rings (SSSR count). The van der Waals surface area contributed by atoms with E-state index in [4.69, 9.17) is 0 Å². The molecule has 0 spiro atoms. The second-order valence-corrected chi connectivity index (χ2v) is 8.59. The van der Waals surface area contributed by atoms with Gasteiger partial charge >= 0.3 is 0 Å². The number of rotatable bonds is 2. The minimum absolute atomic E-state index is 0.158. The maximum Gasteiger partial charge on any atom is 0.0673 e. The molecule has 4 aliphatic rings. The number of hydrogen-bond donors (Lipinski definition) is 0. The standard InChI is InChI=1S/C21H26S/c1-21-18(13-14-22-21)11-12-19(17-9-3-2-4-10-17)20(21)15-16-7-5-6-8-16/h7,11-15,17H,2-6,8-10H2,1H3. The van der Waals surface area contributed by atoms with E-state index in [9.17, 15) is 0 Å². The summed E-state index contributed by atoms with van der Waals surface area (Å²) in [5.41, 5.74) is 6.32. The molecule has 1 unspecified atom stereocenters. The van der Waals surface area contributed by atoms with Crippen LogP contribution in [-0.2, 0) is 0 Å². The van der Waals surface area contributed by atoms with Crippen molar-refractivity contribution in [2.24, 2.45) is 5.92 Å². The first kappa shape index (κ1) is 14.6. The molecule has 1 aliphatic heterocycles. The summed E-state index contributed by atoms with van der Waals surface area (Å²) in [6.45, 7) is 2.43. The normalized spacial score (nSPS) is 33.7. The first-order valence-electron chi connectivity index (χ1n) is 8.96. The predicted octanol–water partition coefficient (Wildman–Crippen LogP) is 6.49. The van der Waals surface area contributed by atoms with Gasteiger partial charge in [0.15, 0.2) is 0 Å². The Morgan fingerprint density at radius 2 is 2.00 bits per heavy atom. The Labute approximate surface area is 139 Å². The minimum Gasteiger partial charge on any atom is -0.118 e. The number of hydrogen-bond acceptors (Lipinski definition) is 1. The molecule has 0 bridgehead atoms. The third-order valence-corrected chi connectivity index (χ3v) is 7.02. The Kier molecular flexibility index (Phi) is 3.94. The molecule has 1 heterocycles. The average molecular weight is 311 g/mol. The highest BCUT2D eigenvalue weighted by molar-refractivity contribution is 8.04. The summed E-state index contributed by atoms with van der Waals surface area (Å²) in [4.78, 5) is 0. The van der Waals surface area contributed by atoms with Crippen LogP contribution in [0.5, 0.6) is 0 Å². The van der Waals surface area contributed by atoms with Crippen LogP contribution in [0.3, 0.4) is 0 Å². The third kappa shape index (κ3) is 2.48. The average Bonchev–Trinajstić information content (AvgIpc) is 3.18. The second-order valence-electron chi connectivity index (χ2n) is 7.26. The molecule has 3 aliphatic carbocycles. The van der Waals surface area contributed by atoms with E-state index in [1.807, 2.05) is 11.8 Å². The molecule has 0 N–H and O–H groups in total. The minimum atomic E-state index is 0.158. The van der Waals surface area contributed by atoms with Gasteiger partial charge in [0.1, 0.15) is 0 Å². The molecule has 0 radical (unpaired) electrons. The third-order valence-electron chi connectivity index (χ3n) is 5.82. The fourth-order valence-electron chi connectivity index (χ4n) is 4.45. The van der Waals surface area contributed by atoms with Crippen molar-refractivity contribution in [2.45, 2.75) is 63.0 Å². The Morgan fingerprint density at radius 3 is 2.77 bits per heavy atom. The van der Waals surface area contributed by atoms with Crippen molar-refractivity contribution in [1.29, 1.82) is 0 Å². The lowest BCUT2D eigenvalue weighted by molar-refractivity contribution is 0.403. The molecule has 0 aromatic rings. The summed E-state index contributed by atoms with van der Waals surface area (Å²) < 4.78 is 0.158. The van der Waals surface area contributed by atoms with Gasteiger partial charge in [-0.05, 0) is 67.1 Å². The Bertz CT molecular complexity index is 608. The summed E-state index contributed by atoms with van der Waals surface area (Å²) in [5, 5.41) is 2.29. The maximum atomic E-state index is 2.56. The molecule has 1 saturated carbocycles.